The van der Waals surface area contributed by atoms with Gasteiger partial charge in [-0.2, -0.15) is 0 Å². The summed E-state index contributed by atoms with van der Waals surface area (Å²) in [5, 5.41) is 7.46. The normalized spacial score (nSPS) is 10.7. The van der Waals surface area contributed by atoms with E-state index >= 15 is 0 Å². The minimum atomic E-state index is -0.0574. The number of hydrogen-bond acceptors (Lipinski definition) is 4. The topological polar surface area (TPSA) is 75.4 Å². The number of ether oxygens (including phenoxy) is 2. The van der Waals surface area contributed by atoms with E-state index in [1.165, 1.54) is 10.9 Å². The van der Waals surface area contributed by atoms with E-state index in [0.717, 1.165) is 18.5 Å². The van der Waals surface area contributed by atoms with Crippen LogP contribution in [0.15, 0.2) is 48.7 Å². The molecule has 0 saturated heterocycles. The van der Waals surface area contributed by atoms with Crippen molar-refractivity contribution in [2.45, 2.75) is 12.8 Å². The Bertz CT molecular complexity index is 905. The van der Waals surface area contributed by atoms with Gasteiger partial charge in [-0.3, -0.25) is 4.79 Å². The molecular weight excluding hydrogens is 342 g/mol. The molecule has 27 heavy (non-hydrogen) atoms. The third kappa shape index (κ3) is 4.80. The predicted molar refractivity (Wildman–Crippen MR) is 108 cm³/mol. The monoisotopic (exact) mass is 367 g/mol. The van der Waals surface area contributed by atoms with Crippen LogP contribution in [0.25, 0.3) is 10.9 Å². The Hall–Kier alpha value is -2.99. The van der Waals surface area contributed by atoms with E-state index < -0.39 is 0 Å². The third-order valence-corrected chi connectivity index (χ3v) is 4.46. The van der Waals surface area contributed by atoms with Crippen LogP contribution in [0.3, 0.4) is 0 Å². The maximum absolute atomic E-state index is 12.2. The fourth-order valence-electron chi connectivity index (χ4n) is 3.00. The molecule has 1 heterocycles. The number of nitrogens with one attached hydrogen (secondary N) is 3. The van der Waals surface area contributed by atoms with E-state index in [4.69, 9.17) is 9.47 Å². The van der Waals surface area contributed by atoms with E-state index in [2.05, 4.69) is 33.9 Å². The zero-order chi connectivity index (χ0) is 19.1. The lowest BCUT2D eigenvalue weighted by Crippen LogP contribution is -2.23. The van der Waals surface area contributed by atoms with Crippen LogP contribution in [0.2, 0.25) is 0 Å². The Balaban J connectivity index is 1.42. The molecule has 0 aliphatic heterocycles. The standard InChI is InChI=1S/C21H25N3O3/c1-26-16-7-8-19(20(13-16)27-2)24-21(25)10-12-22-11-9-15-14-23-18-6-4-3-5-17(15)18/h3-8,13-14,22-23H,9-12H2,1-2H3,(H,24,25). The lowest BCUT2D eigenvalue weighted by atomic mass is 10.1. The van der Waals surface area contributed by atoms with Gasteiger partial charge >= 0.3 is 0 Å². The summed E-state index contributed by atoms with van der Waals surface area (Å²) in [7, 11) is 3.16. The number of para-hydroxylation sites is 1. The molecule has 3 rings (SSSR count). The third-order valence-electron chi connectivity index (χ3n) is 4.46. The largest absolute Gasteiger partial charge is 0.497 e. The highest BCUT2D eigenvalue weighted by atomic mass is 16.5. The molecule has 0 atom stereocenters. The van der Waals surface area contributed by atoms with Gasteiger partial charge in [0.05, 0.1) is 19.9 Å². The van der Waals surface area contributed by atoms with Crippen molar-refractivity contribution in [3.63, 3.8) is 0 Å². The fourth-order valence-corrected chi connectivity index (χ4v) is 3.00. The van der Waals surface area contributed by atoms with Gasteiger partial charge < -0.3 is 25.1 Å². The summed E-state index contributed by atoms with van der Waals surface area (Å²) in [5.41, 5.74) is 3.08. The van der Waals surface area contributed by atoms with E-state index in [9.17, 15) is 4.79 Å². The summed E-state index contributed by atoms with van der Waals surface area (Å²) in [6.45, 7) is 1.44. The van der Waals surface area contributed by atoms with Crippen molar-refractivity contribution in [2.24, 2.45) is 0 Å². The number of aromatic amines is 1. The molecular formula is C21H25N3O3. The Morgan fingerprint density at radius 3 is 2.74 bits per heavy atom. The first-order valence-corrected chi connectivity index (χ1v) is 8.99. The number of anilines is 1. The number of hydrogen-bond donors (Lipinski definition) is 3. The lowest BCUT2D eigenvalue weighted by Gasteiger charge is -2.11. The van der Waals surface area contributed by atoms with E-state index in [1.54, 1.807) is 32.4 Å². The Labute approximate surface area is 158 Å². The van der Waals surface area contributed by atoms with Crippen LogP contribution in [-0.2, 0) is 11.2 Å². The first kappa shape index (κ1) is 18.8. The molecule has 6 heteroatoms. The van der Waals surface area contributed by atoms with Gasteiger partial charge in [-0.05, 0) is 36.7 Å². The number of aromatic nitrogens is 1. The number of carbonyl (C=O) groups is 1. The van der Waals surface area contributed by atoms with Crippen LogP contribution < -0.4 is 20.1 Å². The summed E-state index contributed by atoms with van der Waals surface area (Å²) in [5.74, 6) is 1.21. The molecule has 0 saturated carbocycles. The second-order valence-corrected chi connectivity index (χ2v) is 6.22. The number of methoxy groups -OCH3 is 2. The number of benzene rings is 2. The Kier molecular flexibility index (Phi) is 6.33. The van der Waals surface area contributed by atoms with Crippen LogP contribution in [0.4, 0.5) is 5.69 Å². The van der Waals surface area contributed by atoms with E-state index in [0.29, 0.717) is 30.2 Å². The van der Waals surface area contributed by atoms with Crippen LogP contribution >= 0.6 is 0 Å². The van der Waals surface area contributed by atoms with Crippen molar-refractivity contribution in [3.8, 4) is 11.5 Å². The summed E-state index contributed by atoms with van der Waals surface area (Å²) in [6.07, 6.45) is 3.36. The van der Waals surface area contributed by atoms with Crippen LogP contribution in [0.1, 0.15) is 12.0 Å². The molecule has 3 aromatic rings. The van der Waals surface area contributed by atoms with E-state index in [-0.39, 0.29) is 5.91 Å². The Morgan fingerprint density at radius 1 is 1.07 bits per heavy atom. The summed E-state index contributed by atoms with van der Waals surface area (Å²) >= 11 is 0. The summed E-state index contributed by atoms with van der Waals surface area (Å²) in [6, 6.07) is 13.6. The lowest BCUT2D eigenvalue weighted by molar-refractivity contribution is -0.116. The van der Waals surface area contributed by atoms with Crippen molar-refractivity contribution >= 4 is 22.5 Å². The van der Waals surface area contributed by atoms with Crippen LogP contribution in [0.5, 0.6) is 11.5 Å². The van der Waals surface area contributed by atoms with Gasteiger partial charge in [-0.15, -0.1) is 0 Å². The first-order valence-electron chi connectivity index (χ1n) is 8.99. The zero-order valence-corrected chi connectivity index (χ0v) is 15.7. The van der Waals surface area contributed by atoms with Gasteiger partial charge in [-0.25, -0.2) is 0 Å². The molecule has 142 valence electrons. The second-order valence-electron chi connectivity index (χ2n) is 6.22. The minimum Gasteiger partial charge on any atom is -0.497 e. The molecule has 3 N–H and O–H groups in total. The molecule has 1 aromatic heterocycles. The molecule has 0 radical (unpaired) electrons. The summed E-state index contributed by atoms with van der Waals surface area (Å²) in [4.78, 5) is 15.4. The molecule has 0 fully saturated rings. The smallest absolute Gasteiger partial charge is 0.225 e. The second kappa shape index (κ2) is 9.09. The highest BCUT2D eigenvalue weighted by Gasteiger charge is 2.09. The van der Waals surface area contributed by atoms with Crippen LogP contribution in [0, 0.1) is 0 Å². The number of fused-ring (bicyclic) bond motifs is 1. The van der Waals surface area contributed by atoms with Crippen molar-refractivity contribution in [3.05, 3.63) is 54.2 Å². The molecule has 0 unspecified atom stereocenters. The SMILES string of the molecule is COc1ccc(NC(=O)CCNCCc2c[nH]c3ccccc23)c(OC)c1. The number of carbonyl (C=O) groups excluding carboxylic acids is 1. The fraction of sp³-hybridized carbons (Fsp3) is 0.286. The molecule has 0 bridgehead atoms. The maximum atomic E-state index is 12.2. The number of rotatable bonds is 9. The zero-order valence-electron chi connectivity index (χ0n) is 15.7. The van der Waals surface area contributed by atoms with Gasteiger partial charge in [0, 0.05) is 36.1 Å². The van der Waals surface area contributed by atoms with Crippen LogP contribution in [-0.4, -0.2) is 38.2 Å². The van der Waals surface area contributed by atoms with Gasteiger partial charge in [0.25, 0.3) is 0 Å². The highest BCUT2D eigenvalue weighted by molar-refractivity contribution is 5.92. The number of amides is 1. The maximum Gasteiger partial charge on any atom is 0.225 e. The quantitative estimate of drug-likeness (QED) is 0.507. The molecule has 0 aliphatic carbocycles. The average molecular weight is 367 g/mol. The van der Waals surface area contributed by atoms with E-state index in [1.807, 2.05) is 12.1 Å². The van der Waals surface area contributed by atoms with Crippen molar-refractivity contribution in [2.75, 3.05) is 32.6 Å². The molecule has 0 aliphatic rings. The highest BCUT2D eigenvalue weighted by Crippen LogP contribution is 2.29. The number of H-pyrrole nitrogens is 1. The molecule has 1 amide bonds. The summed E-state index contributed by atoms with van der Waals surface area (Å²) < 4.78 is 10.5. The van der Waals surface area contributed by atoms with Gasteiger partial charge in [0.15, 0.2) is 0 Å². The average Bonchev–Trinajstić information content (AvgIpc) is 3.11. The Morgan fingerprint density at radius 2 is 1.93 bits per heavy atom. The first-order chi connectivity index (χ1) is 13.2. The van der Waals surface area contributed by atoms with Crippen molar-refractivity contribution in [1.29, 1.82) is 0 Å². The van der Waals surface area contributed by atoms with Crippen molar-refractivity contribution < 1.29 is 14.3 Å². The van der Waals surface area contributed by atoms with Gasteiger partial charge in [0.2, 0.25) is 5.91 Å². The molecule has 0 spiro atoms. The molecule has 6 nitrogen and oxygen atoms in total. The molecule has 2 aromatic carbocycles. The van der Waals surface area contributed by atoms with Gasteiger partial charge in [-0.1, -0.05) is 18.2 Å². The minimum absolute atomic E-state index is 0.0574. The van der Waals surface area contributed by atoms with Gasteiger partial charge in [0.1, 0.15) is 11.5 Å². The van der Waals surface area contributed by atoms with Crippen molar-refractivity contribution in [1.82, 2.24) is 10.3 Å². The predicted octanol–water partition coefficient (Wildman–Crippen LogP) is 3.35.